The van der Waals surface area contributed by atoms with Crippen molar-refractivity contribution < 1.29 is 13.7 Å². The van der Waals surface area contributed by atoms with E-state index in [0.29, 0.717) is 34.4 Å². The molecule has 4 aromatic rings. The predicted octanol–water partition coefficient (Wildman–Crippen LogP) is 4.90. The zero-order valence-corrected chi connectivity index (χ0v) is 15.3. The molecule has 0 radical (unpaired) electrons. The second-order valence-electron chi connectivity index (χ2n) is 6.01. The lowest BCUT2D eigenvalue weighted by atomic mass is 10.0. The van der Waals surface area contributed by atoms with Gasteiger partial charge in [-0.3, -0.25) is 4.79 Å². The van der Waals surface area contributed by atoms with E-state index in [1.165, 1.54) is 23.5 Å². The van der Waals surface area contributed by atoms with Gasteiger partial charge in [0.05, 0.1) is 21.5 Å². The summed E-state index contributed by atoms with van der Waals surface area (Å²) in [7, 11) is 0. The topological polar surface area (TPSA) is 68.0 Å². The number of fused-ring (bicyclic) bond motifs is 1. The molecule has 27 heavy (non-hydrogen) atoms. The molecule has 0 atom stereocenters. The first kappa shape index (κ1) is 17.4. The molecule has 5 nitrogen and oxygen atoms in total. The standard InChI is InChI=1S/C20H16FN3O2S/c1-2-9-22-19(25)14-11-15(16-4-3-10-27-16)23-20-17(14)18(24-26-20)12-5-7-13(21)8-6-12/h3-8,10-11H,2,9H2,1H3,(H,22,25). The van der Waals surface area contributed by atoms with Gasteiger partial charge in [-0.2, -0.15) is 0 Å². The molecule has 0 spiro atoms. The van der Waals surface area contributed by atoms with Crippen molar-refractivity contribution >= 4 is 28.3 Å². The number of amides is 1. The van der Waals surface area contributed by atoms with E-state index in [0.717, 1.165) is 11.3 Å². The molecule has 0 unspecified atom stereocenters. The Morgan fingerprint density at radius 1 is 1.26 bits per heavy atom. The van der Waals surface area contributed by atoms with Crippen LogP contribution in [-0.4, -0.2) is 22.6 Å². The molecular formula is C20H16FN3O2S. The minimum atomic E-state index is -0.342. The third-order valence-corrected chi connectivity index (χ3v) is 5.01. The van der Waals surface area contributed by atoms with E-state index in [-0.39, 0.29) is 17.4 Å². The van der Waals surface area contributed by atoms with Crippen LogP contribution < -0.4 is 5.32 Å². The minimum absolute atomic E-state index is 0.214. The smallest absolute Gasteiger partial charge is 0.259 e. The van der Waals surface area contributed by atoms with Crippen LogP contribution in [0.3, 0.4) is 0 Å². The molecule has 7 heteroatoms. The van der Waals surface area contributed by atoms with Gasteiger partial charge >= 0.3 is 0 Å². The van der Waals surface area contributed by atoms with Crippen molar-refractivity contribution in [2.45, 2.75) is 13.3 Å². The Labute approximate surface area is 158 Å². The van der Waals surface area contributed by atoms with Gasteiger partial charge in [0.25, 0.3) is 11.6 Å². The number of nitrogens with zero attached hydrogens (tertiary/aromatic N) is 2. The third-order valence-electron chi connectivity index (χ3n) is 4.12. The molecule has 1 N–H and O–H groups in total. The van der Waals surface area contributed by atoms with Crippen molar-refractivity contribution in [2.24, 2.45) is 0 Å². The normalized spacial score (nSPS) is 11.0. The number of nitrogens with one attached hydrogen (secondary N) is 1. The number of benzene rings is 1. The Morgan fingerprint density at radius 2 is 2.07 bits per heavy atom. The van der Waals surface area contributed by atoms with E-state index in [1.54, 1.807) is 18.2 Å². The fourth-order valence-corrected chi connectivity index (χ4v) is 3.51. The number of hydrogen-bond acceptors (Lipinski definition) is 5. The Bertz CT molecular complexity index is 1090. The molecule has 3 aromatic heterocycles. The van der Waals surface area contributed by atoms with Crippen LogP contribution in [0.25, 0.3) is 32.9 Å². The molecule has 4 rings (SSSR count). The van der Waals surface area contributed by atoms with Gasteiger partial charge in [0.2, 0.25) is 0 Å². The summed E-state index contributed by atoms with van der Waals surface area (Å²) in [6.07, 6.45) is 0.826. The van der Waals surface area contributed by atoms with E-state index < -0.39 is 0 Å². The number of halogens is 1. The van der Waals surface area contributed by atoms with Crippen molar-refractivity contribution in [1.29, 1.82) is 0 Å². The number of carbonyl (C=O) groups excluding carboxylic acids is 1. The lowest BCUT2D eigenvalue weighted by Crippen LogP contribution is -2.24. The summed E-state index contributed by atoms with van der Waals surface area (Å²) in [6, 6.07) is 11.5. The second-order valence-corrected chi connectivity index (χ2v) is 6.95. The molecule has 1 amide bonds. The fraction of sp³-hybridized carbons (Fsp3) is 0.150. The summed E-state index contributed by atoms with van der Waals surface area (Å²) in [5, 5.41) is 9.47. The quantitative estimate of drug-likeness (QED) is 0.534. The zero-order chi connectivity index (χ0) is 18.8. The van der Waals surface area contributed by atoms with Crippen LogP contribution in [0.4, 0.5) is 4.39 Å². The lowest BCUT2D eigenvalue weighted by Gasteiger charge is -2.07. The molecule has 0 aliphatic carbocycles. The Morgan fingerprint density at radius 3 is 2.78 bits per heavy atom. The van der Waals surface area contributed by atoms with E-state index in [2.05, 4.69) is 15.5 Å². The molecule has 0 aliphatic heterocycles. The maximum Gasteiger partial charge on any atom is 0.259 e. The highest BCUT2D eigenvalue weighted by Crippen LogP contribution is 2.33. The molecule has 1 aromatic carbocycles. The molecule has 136 valence electrons. The number of rotatable bonds is 5. The zero-order valence-electron chi connectivity index (χ0n) is 14.5. The summed E-state index contributed by atoms with van der Waals surface area (Å²) in [6.45, 7) is 2.55. The van der Waals surface area contributed by atoms with Crippen LogP contribution in [0.5, 0.6) is 0 Å². The van der Waals surface area contributed by atoms with Crippen LogP contribution in [0.1, 0.15) is 23.7 Å². The minimum Gasteiger partial charge on any atom is -0.352 e. The van der Waals surface area contributed by atoms with E-state index >= 15 is 0 Å². The maximum atomic E-state index is 13.3. The van der Waals surface area contributed by atoms with Crippen molar-refractivity contribution in [2.75, 3.05) is 6.54 Å². The average molecular weight is 381 g/mol. The molecule has 0 saturated heterocycles. The van der Waals surface area contributed by atoms with Crippen molar-refractivity contribution in [3.8, 4) is 21.8 Å². The molecular weight excluding hydrogens is 365 g/mol. The van der Waals surface area contributed by atoms with Gasteiger partial charge in [-0.05, 0) is 48.2 Å². The third kappa shape index (κ3) is 3.33. The summed E-state index contributed by atoms with van der Waals surface area (Å²) < 4.78 is 18.7. The van der Waals surface area contributed by atoms with Crippen LogP contribution in [0.2, 0.25) is 0 Å². The number of carbonyl (C=O) groups is 1. The molecule has 0 fully saturated rings. The molecule has 0 bridgehead atoms. The summed E-state index contributed by atoms with van der Waals surface area (Å²) in [4.78, 5) is 18.3. The lowest BCUT2D eigenvalue weighted by molar-refractivity contribution is 0.0955. The fourth-order valence-electron chi connectivity index (χ4n) is 2.82. The number of pyridine rings is 1. The first-order chi connectivity index (χ1) is 13.2. The predicted molar refractivity (Wildman–Crippen MR) is 103 cm³/mol. The van der Waals surface area contributed by atoms with Gasteiger partial charge < -0.3 is 9.84 Å². The van der Waals surface area contributed by atoms with Gasteiger partial charge in [0.15, 0.2) is 0 Å². The number of aromatic nitrogens is 2. The van der Waals surface area contributed by atoms with E-state index in [4.69, 9.17) is 4.52 Å². The van der Waals surface area contributed by atoms with Crippen molar-refractivity contribution in [3.05, 3.63) is 59.2 Å². The molecule has 3 heterocycles. The monoisotopic (exact) mass is 381 g/mol. The van der Waals surface area contributed by atoms with Gasteiger partial charge in [-0.1, -0.05) is 18.1 Å². The van der Waals surface area contributed by atoms with Crippen LogP contribution in [0, 0.1) is 5.82 Å². The SMILES string of the molecule is CCCNC(=O)c1cc(-c2cccs2)nc2onc(-c3ccc(F)cc3)c12. The highest BCUT2D eigenvalue weighted by atomic mass is 32.1. The van der Waals surface area contributed by atoms with Crippen LogP contribution in [-0.2, 0) is 0 Å². The number of thiophene rings is 1. The van der Waals surface area contributed by atoms with E-state index in [9.17, 15) is 9.18 Å². The van der Waals surface area contributed by atoms with Crippen LogP contribution >= 0.6 is 11.3 Å². The summed E-state index contributed by atoms with van der Waals surface area (Å²) in [5.41, 5.74) is 2.50. The first-order valence-electron chi connectivity index (χ1n) is 8.56. The Kier molecular flexibility index (Phi) is 4.68. The summed E-state index contributed by atoms with van der Waals surface area (Å²) in [5.74, 6) is -0.556. The van der Waals surface area contributed by atoms with Gasteiger partial charge in [0.1, 0.15) is 11.5 Å². The summed E-state index contributed by atoms with van der Waals surface area (Å²) >= 11 is 1.53. The van der Waals surface area contributed by atoms with E-state index in [1.807, 2.05) is 24.4 Å². The second kappa shape index (κ2) is 7.28. The Balaban J connectivity index is 1.91. The largest absolute Gasteiger partial charge is 0.352 e. The highest BCUT2D eigenvalue weighted by Gasteiger charge is 2.22. The maximum absolute atomic E-state index is 13.3. The first-order valence-corrected chi connectivity index (χ1v) is 9.43. The Hall–Kier alpha value is -3.06. The van der Waals surface area contributed by atoms with Gasteiger partial charge in [0, 0.05) is 12.1 Å². The average Bonchev–Trinajstić information content (AvgIpc) is 3.36. The highest BCUT2D eigenvalue weighted by molar-refractivity contribution is 7.13. The van der Waals surface area contributed by atoms with Crippen LogP contribution in [0.15, 0.2) is 52.4 Å². The molecule has 0 saturated carbocycles. The molecule has 0 aliphatic rings. The number of hydrogen-bond donors (Lipinski definition) is 1. The van der Waals surface area contributed by atoms with Gasteiger partial charge in [-0.15, -0.1) is 11.3 Å². The van der Waals surface area contributed by atoms with Gasteiger partial charge in [-0.25, -0.2) is 9.37 Å². The van der Waals surface area contributed by atoms with Crippen molar-refractivity contribution in [1.82, 2.24) is 15.5 Å². The van der Waals surface area contributed by atoms with Crippen molar-refractivity contribution in [3.63, 3.8) is 0 Å².